The van der Waals surface area contributed by atoms with Gasteiger partial charge in [0, 0.05) is 27.7 Å². The minimum Gasteiger partial charge on any atom is -0.310 e. The third kappa shape index (κ3) is 5.25. The predicted octanol–water partition coefficient (Wildman–Crippen LogP) is 18.6. The molecule has 17 rings (SSSR count). The number of benzene rings is 12. The van der Waals surface area contributed by atoms with Crippen LogP contribution in [0.1, 0.15) is 44.5 Å². The van der Waals surface area contributed by atoms with E-state index in [0.717, 1.165) is 28.2 Å². The largest absolute Gasteiger partial charge is 0.310 e. The zero-order chi connectivity index (χ0) is 49.7. The first kappa shape index (κ1) is 41.7. The van der Waals surface area contributed by atoms with Crippen molar-refractivity contribution in [1.29, 1.82) is 0 Å². The summed E-state index contributed by atoms with van der Waals surface area (Å²) in [6.45, 7) is 0. The highest BCUT2D eigenvalue weighted by molar-refractivity contribution is 6.15. The molecule has 0 fully saturated rings. The highest BCUT2D eigenvalue weighted by Crippen LogP contribution is 2.65. The molecule has 352 valence electrons. The molecule has 0 saturated heterocycles. The highest BCUT2D eigenvalue weighted by atomic mass is 15.1. The van der Waals surface area contributed by atoms with Crippen LogP contribution >= 0.6 is 0 Å². The summed E-state index contributed by atoms with van der Waals surface area (Å²) >= 11 is 0. The van der Waals surface area contributed by atoms with Crippen LogP contribution in [-0.4, -0.2) is 4.57 Å². The Kier molecular flexibility index (Phi) is 8.44. The first-order valence-corrected chi connectivity index (χ1v) is 26.6. The highest BCUT2D eigenvalue weighted by Gasteiger charge is 2.53. The van der Waals surface area contributed by atoms with E-state index < -0.39 is 10.8 Å². The van der Waals surface area contributed by atoms with Gasteiger partial charge in [-0.1, -0.05) is 231 Å². The van der Waals surface area contributed by atoms with Crippen molar-refractivity contribution in [3.63, 3.8) is 0 Å². The SMILES string of the molecule is c1ccc(-c2cccc(-c3ccccc3N(c3ccc4c(c3)C3(c5ccccc5-c5ccccc53)c3ccccc3-4)c3cc4c5c(c3)c3ccccc3n5-c3ccccc3C43c4ccccc4-c4ccccc43)c2)cc1. The first-order valence-electron chi connectivity index (χ1n) is 26.6. The molecule has 0 amide bonds. The Morgan fingerprint density at radius 3 is 1.36 bits per heavy atom. The summed E-state index contributed by atoms with van der Waals surface area (Å²) in [4.78, 5) is 2.59. The Hall–Kier alpha value is -9.76. The first-order chi connectivity index (χ1) is 37.7. The van der Waals surface area contributed by atoms with Gasteiger partial charge in [0.15, 0.2) is 0 Å². The van der Waals surface area contributed by atoms with Crippen LogP contribution in [0.4, 0.5) is 17.1 Å². The fourth-order valence-electron chi connectivity index (χ4n) is 14.8. The van der Waals surface area contributed by atoms with Gasteiger partial charge >= 0.3 is 0 Å². The maximum atomic E-state index is 2.59. The van der Waals surface area contributed by atoms with E-state index in [2.05, 4.69) is 289 Å². The summed E-state index contributed by atoms with van der Waals surface area (Å²) < 4.78 is 2.56. The monoisotopic (exact) mass is 962 g/mol. The molecule has 2 spiro atoms. The second-order valence-corrected chi connectivity index (χ2v) is 21.0. The van der Waals surface area contributed by atoms with Crippen molar-refractivity contribution in [1.82, 2.24) is 4.57 Å². The smallest absolute Gasteiger partial charge is 0.0755 e. The van der Waals surface area contributed by atoms with Crippen LogP contribution in [0.2, 0.25) is 0 Å². The molecule has 3 aliphatic carbocycles. The number of hydrogen-bond donors (Lipinski definition) is 0. The Morgan fingerprint density at radius 2 is 0.724 bits per heavy atom. The molecule has 76 heavy (non-hydrogen) atoms. The molecule has 0 radical (unpaired) electrons. The van der Waals surface area contributed by atoms with Crippen molar-refractivity contribution in [3.05, 3.63) is 324 Å². The summed E-state index contributed by atoms with van der Waals surface area (Å²) in [5.41, 5.74) is 28.8. The van der Waals surface area contributed by atoms with Gasteiger partial charge in [0.05, 0.1) is 33.2 Å². The van der Waals surface area contributed by atoms with Gasteiger partial charge in [-0.15, -0.1) is 0 Å². The summed E-state index contributed by atoms with van der Waals surface area (Å²) in [7, 11) is 0. The van der Waals surface area contributed by atoms with Crippen LogP contribution in [0.25, 0.3) is 83.1 Å². The minimum atomic E-state index is -0.613. The average Bonchev–Trinajstić information content (AvgIpc) is 4.32. The zero-order valence-corrected chi connectivity index (χ0v) is 41.5. The number of nitrogens with zero attached hydrogens (tertiary/aromatic N) is 2. The van der Waals surface area contributed by atoms with Gasteiger partial charge in [-0.25, -0.2) is 0 Å². The van der Waals surface area contributed by atoms with E-state index in [1.54, 1.807) is 0 Å². The van der Waals surface area contributed by atoms with Gasteiger partial charge in [-0.2, -0.15) is 0 Å². The molecule has 1 aromatic heterocycles. The molecule has 1 aliphatic heterocycles. The second-order valence-electron chi connectivity index (χ2n) is 21.0. The lowest BCUT2D eigenvalue weighted by Gasteiger charge is -2.40. The molecule has 0 N–H and O–H groups in total. The number of aromatic nitrogens is 1. The molecule has 12 aromatic carbocycles. The van der Waals surface area contributed by atoms with Crippen LogP contribution in [0, 0.1) is 0 Å². The lowest BCUT2D eigenvalue weighted by molar-refractivity contribution is 0.748. The Balaban J connectivity index is 1.01. The number of rotatable bonds is 5. The maximum absolute atomic E-state index is 2.59. The van der Waals surface area contributed by atoms with Crippen molar-refractivity contribution in [3.8, 4) is 61.3 Å². The van der Waals surface area contributed by atoms with Crippen molar-refractivity contribution in [2.75, 3.05) is 4.90 Å². The average molecular weight is 963 g/mol. The summed E-state index contributed by atoms with van der Waals surface area (Å²) in [5, 5.41) is 2.47. The van der Waals surface area contributed by atoms with Crippen LogP contribution < -0.4 is 4.90 Å². The molecule has 0 unspecified atom stereocenters. The van der Waals surface area contributed by atoms with Crippen LogP contribution in [0.15, 0.2) is 279 Å². The van der Waals surface area contributed by atoms with Gasteiger partial charge in [0.1, 0.15) is 0 Å². The van der Waals surface area contributed by atoms with Gasteiger partial charge < -0.3 is 9.47 Å². The van der Waals surface area contributed by atoms with E-state index in [1.165, 1.54) is 117 Å². The summed E-state index contributed by atoms with van der Waals surface area (Å²) in [6.07, 6.45) is 0. The molecule has 2 heteroatoms. The normalized spacial score (nSPS) is 14.0. The second kappa shape index (κ2) is 15.4. The Bertz CT molecular complexity index is 4500. The number of anilines is 3. The quantitative estimate of drug-likeness (QED) is 0.167. The molecule has 4 aliphatic rings. The topological polar surface area (TPSA) is 8.17 Å². The molecule has 13 aromatic rings. The van der Waals surface area contributed by atoms with Gasteiger partial charge in [0.2, 0.25) is 0 Å². The van der Waals surface area contributed by atoms with Crippen molar-refractivity contribution in [2.24, 2.45) is 0 Å². The fraction of sp³-hybridized carbons (Fsp3) is 0.0270. The van der Waals surface area contributed by atoms with E-state index in [-0.39, 0.29) is 0 Å². The van der Waals surface area contributed by atoms with E-state index >= 15 is 0 Å². The predicted molar refractivity (Wildman–Crippen MR) is 313 cm³/mol. The Morgan fingerprint density at radius 1 is 0.263 bits per heavy atom. The lowest BCUT2D eigenvalue weighted by Crippen LogP contribution is -2.33. The summed E-state index contributed by atoms with van der Waals surface area (Å²) in [6, 6.07) is 105. The third-order valence-electron chi connectivity index (χ3n) is 17.6. The minimum absolute atomic E-state index is 0.515. The standard InChI is InChI=1S/C74H46N2/c1-2-21-47(22-3-1)48-23-20-24-49(43-48)52-25-9-17-38-69(52)75(50-41-42-58-57-30-8-13-34-63(57)73(67(58)45-50)61-32-11-4-26-53(61)54-27-5-12-33-62(54)73)51-44-60-59-31-10-18-39-70(59)76-71-40-19-16-37-66(71)74(68(46-51)72(60)76)64-35-14-6-28-55(64)56-29-7-15-36-65(56)74/h1-46H. The molecule has 2 heterocycles. The molecule has 2 nitrogen and oxygen atoms in total. The molecule has 0 atom stereocenters. The number of hydrogen-bond acceptors (Lipinski definition) is 1. The molecule has 0 saturated carbocycles. The molecular formula is C74H46N2. The fourth-order valence-corrected chi connectivity index (χ4v) is 14.8. The van der Waals surface area contributed by atoms with E-state index in [4.69, 9.17) is 0 Å². The number of fused-ring (bicyclic) bond motifs is 22. The van der Waals surface area contributed by atoms with E-state index in [0.29, 0.717) is 0 Å². The Labute approximate surface area is 441 Å². The van der Waals surface area contributed by atoms with Crippen molar-refractivity contribution in [2.45, 2.75) is 10.8 Å². The van der Waals surface area contributed by atoms with Crippen LogP contribution in [-0.2, 0) is 10.8 Å². The van der Waals surface area contributed by atoms with Gasteiger partial charge in [-0.3, -0.25) is 0 Å². The zero-order valence-electron chi connectivity index (χ0n) is 41.5. The van der Waals surface area contributed by atoms with E-state index in [1.807, 2.05) is 0 Å². The summed E-state index contributed by atoms with van der Waals surface area (Å²) in [5.74, 6) is 0. The van der Waals surface area contributed by atoms with Crippen LogP contribution in [0.5, 0.6) is 0 Å². The van der Waals surface area contributed by atoms with Crippen molar-refractivity contribution < 1.29 is 0 Å². The van der Waals surface area contributed by atoms with Crippen molar-refractivity contribution >= 4 is 38.9 Å². The van der Waals surface area contributed by atoms with Gasteiger partial charge in [-0.05, 0) is 143 Å². The van der Waals surface area contributed by atoms with Gasteiger partial charge in [0.25, 0.3) is 0 Å². The van der Waals surface area contributed by atoms with E-state index in [9.17, 15) is 0 Å². The third-order valence-corrected chi connectivity index (χ3v) is 17.6. The lowest BCUT2D eigenvalue weighted by atomic mass is 9.65. The molecular weight excluding hydrogens is 917 g/mol. The number of para-hydroxylation sites is 3. The van der Waals surface area contributed by atoms with Crippen LogP contribution in [0.3, 0.4) is 0 Å². The maximum Gasteiger partial charge on any atom is 0.0755 e. The molecule has 0 bridgehead atoms.